The molecule has 1 aromatic heterocycles. The molecule has 6 heteroatoms. The van der Waals surface area contributed by atoms with Gasteiger partial charge in [0.05, 0.1) is 6.33 Å². The van der Waals surface area contributed by atoms with Crippen LogP contribution >= 0.6 is 0 Å². The third kappa shape index (κ3) is 9.01. The van der Waals surface area contributed by atoms with E-state index < -0.39 is 12.0 Å². The molecule has 1 aromatic rings. The number of aromatic amines is 1. The Bertz CT molecular complexity index is 446. The summed E-state index contributed by atoms with van der Waals surface area (Å²) in [4.78, 5) is 29.8. The van der Waals surface area contributed by atoms with Crippen molar-refractivity contribution in [3.8, 4) is 0 Å². The largest absolute Gasteiger partial charge is 0.480 e. The van der Waals surface area contributed by atoms with Gasteiger partial charge >= 0.3 is 5.97 Å². The van der Waals surface area contributed by atoms with Crippen LogP contribution in [0, 0.1) is 0 Å². The third-order valence-electron chi connectivity index (χ3n) is 3.87. The first-order valence-electron chi connectivity index (χ1n) is 8.63. The third-order valence-corrected chi connectivity index (χ3v) is 3.87. The molecule has 1 rings (SSSR count). The smallest absolute Gasteiger partial charge is 0.326 e. The SMILES string of the molecule is CCCCCCCCCCC(=O)N[C@@H](Cc1cnc[nH]1)C(=O)O. The molecule has 130 valence electrons. The second-order valence-electron chi connectivity index (χ2n) is 5.96. The molecule has 0 unspecified atom stereocenters. The standard InChI is InChI=1S/C17H29N3O3/c1-2-3-4-5-6-7-8-9-10-16(21)20-15(17(22)23)11-14-12-18-13-19-14/h12-13,15H,2-11H2,1H3,(H,18,19)(H,20,21)(H,22,23)/t15-/m0/s1. The first-order valence-corrected chi connectivity index (χ1v) is 8.63. The molecule has 0 aliphatic rings. The number of hydrogen-bond acceptors (Lipinski definition) is 3. The van der Waals surface area contributed by atoms with Gasteiger partial charge in [-0.2, -0.15) is 0 Å². The minimum atomic E-state index is -1.02. The molecule has 23 heavy (non-hydrogen) atoms. The van der Waals surface area contributed by atoms with Crippen LogP contribution in [0.5, 0.6) is 0 Å². The molecule has 0 spiro atoms. The van der Waals surface area contributed by atoms with Crippen molar-refractivity contribution in [1.29, 1.82) is 0 Å². The molecule has 0 saturated carbocycles. The minimum Gasteiger partial charge on any atom is -0.480 e. The van der Waals surface area contributed by atoms with Crippen molar-refractivity contribution in [1.82, 2.24) is 15.3 Å². The number of hydrogen-bond donors (Lipinski definition) is 3. The van der Waals surface area contributed by atoms with Crippen LogP contribution in [0.3, 0.4) is 0 Å². The van der Waals surface area contributed by atoms with E-state index in [-0.39, 0.29) is 12.3 Å². The molecule has 0 fully saturated rings. The zero-order valence-electron chi connectivity index (χ0n) is 14.0. The monoisotopic (exact) mass is 323 g/mol. The van der Waals surface area contributed by atoms with E-state index in [2.05, 4.69) is 22.2 Å². The Kier molecular flexibility index (Phi) is 9.75. The highest BCUT2D eigenvalue weighted by Crippen LogP contribution is 2.09. The number of imidazole rings is 1. The lowest BCUT2D eigenvalue weighted by Gasteiger charge is -2.13. The Labute approximate surface area is 138 Å². The molecule has 0 aliphatic carbocycles. The minimum absolute atomic E-state index is 0.192. The Morgan fingerprint density at radius 1 is 1.17 bits per heavy atom. The fourth-order valence-electron chi connectivity index (χ4n) is 2.50. The molecule has 3 N–H and O–H groups in total. The lowest BCUT2D eigenvalue weighted by atomic mass is 10.1. The summed E-state index contributed by atoms with van der Waals surface area (Å²) >= 11 is 0. The van der Waals surface area contributed by atoms with Crippen LogP contribution in [-0.2, 0) is 16.0 Å². The van der Waals surface area contributed by atoms with Crippen LogP contribution in [-0.4, -0.2) is 33.0 Å². The van der Waals surface area contributed by atoms with Gasteiger partial charge in [0.25, 0.3) is 0 Å². The van der Waals surface area contributed by atoms with Gasteiger partial charge in [-0.05, 0) is 6.42 Å². The van der Waals surface area contributed by atoms with Crippen LogP contribution in [0.15, 0.2) is 12.5 Å². The maximum absolute atomic E-state index is 11.9. The fraction of sp³-hybridized carbons (Fsp3) is 0.706. The molecule has 0 aromatic carbocycles. The van der Waals surface area contributed by atoms with E-state index in [4.69, 9.17) is 0 Å². The highest BCUT2D eigenvalue weighted by atomic mass is 16.4. The summed E-state index contributed by atoms with van der Waals surface area (Å²) in [6.45, 7) is 2.20. The molecule has 0 bridgehead atoms. The van der Waals surface area contributed by atoms with Crippen LogP contribution in [0.4, 0.5) is 0 Å². The van der Waals surface area contributed by atoms with E-state index >= 15 is 0 Å². The summed E-state index contributed by atoms with van der Waals surface area (Å²) in [6.07, 6.45) is 13.0. The van der Waals surface area contributed by atoms with Crippen LogP contribution in [0.1, 0.15) is 70.4 Å². The van der Waals surface area contributed by atoms with Gasteiger partial charge in [-0.25, -0.2) is 9.78 Å². The number of carbonyl (C=O) groups excluding carboxylic acids is 1. The Morgan fingerprint density at radius 2 is 1.83 bits per heavy atom. The summed E-state index contributed by atoms with van der Waals surface area (Å²) in [5.41, 5.74) is 0.699. The molecule has 6 nitrogen and oxygen atoms in total. The Hall–Kier alpha value is -1.85. The molecule has 0 radical (unpaired) electrons. The van der Waals surface area contributed by atoms with Crippen LogP contribution in [0.2, 0.25) is 0 Å². The van der Waals surface area contributed by atoms with Crippen molar-refractivity contribution in [2.45, 2.75) is 77.2 Å². The quantitative estimate of drug-likeness (QED) is 0.486. The summed E-state index contributed by atoms with van der Waals surface area (Å²) < 4.78 is 0. The molecular formula is C17H29N3O3. The first kappa shape index (κ1) is 19.2. The van der Waals surface area contributed by atoms with E-state index in [1.165, 1.54) is 38.4 Å². The van der Waals surface area contributed by atoms with Crippen molar-refractivity contribution >= 4 is 11.9 Å². The van der Waals surface area contributed by atoms with E-state index in [0.717, 1.165) is 19.3 Å². The number of carboxylic acid groups (broad SMARTS) is 1. The van der Waals surface area contributed by atoms with Gasteiger partial charge in [-0.1, -0.05) is 51.9 Å². The van der Waals surface area contributed by atoms with Gasteiger partial charge in [0.15, 0.2) is 0 Å². The van der Waals surface area contributed by atoms with Crippen molar-refractivity contribution < 1.29 is 14.7 Å². The number of amides is 1. The number of carbonyl (C=O) groups is 2. The maximum atomic E-state index is 11.9. The maximum Gasteiger partial charge on any atom is 0.326 e. The second kappa shape index (κ2) is 11.7. The summed E-state index contributed by atoms with van der Waals surface area (Å²) in [5, 5.41) is 11.8. The number of nitrogens with one attached hydrogen (secondary N) is 2. The van der Waals surface area contributed by atoms with Gasteiger partial charge in [-0.3, -0.25) is 4.79 Å². The Balaban J connectivity index is 2.14. The number of rotatable bonds is 13. The Morgan fingerprint density at radius 3 is 2.39 bits per heavy atom. The normalized spacial score (nSPS) is 12.0. The molecule has 1 atom stereocenters. The topological polar surface area (TPSA) is 95.1 Å². The highest BCUT2D eigenvalue weighted by Gasteiger charge is 2.20. The average molecular weight is 323 g/mol. The number of unbranched alkanes of at least 4 members (excludes halogenated alkanes) is 7. The van der Waals surface area contributed by atoms with Gasteiger partial charge in [0.2, 0.25) is 5.91 Å². The molecule has 0 aliphatic heterocycles. The van der Waals surface area contributed by atoms with E-state index in [0.29, 0.717) is 12.1 Å². The zero-order valence-corrected chi connectivity index (χ0v) is 14.0. The van der Waals surface area contributed by atoms with Crippen molar-refractivity contribution in [3.63, 3.8) is 0 Å². The summed E-state index contributed by atoms with van der Waals surface area (Å²) in [5.74, 6) is -1.22. The van der Waals surface area contributed by atoms with E-state index in [1.807, 2.05) is 0 Å². The van der Waals surface area contributed by atoms with E-state index in [1.54, 1.807) is 6.20 Å². The molecule has 0 saturated heterocycles. The molecule has 1 amide bonds. The average Bonchev–Trinajstić information content (AvgIpc) is 3.02. The molecular weight excluding hydrogens is 294 g/mol. The van der Waals surface area contributed by atoms with Gasteiger partial charge in [0, 0.05) is 24.7 Å². The zero-order chi connectivity index (χ0) is 16.9. The van der Waals surface area contributed by atoms with Crippen molar-refractivity contribution in [2.24, 2.45) is 0 Å². The fourth-order valence-corrected chi connectivity index (χ4v) is 2.50. The number of carboxylic acids is 1. The van der Waals surface area contributed by atoms with Gasteiger partial charge < -0.3 is 15.4 Å². The molecule has 1 heterocycles. The van der Waals surface area contributed by atoms with Crippen molar-refractivity contribution in [3.05, 3.63) is 18.2 Å². The van der Waals surface area contributed by atoms with Crippen LogP contribution in [0.25, 0.3) is 0 Å². The lowest BCUT2D eigenvalue weighted by Crippen LogP contribution is -2.42. The van der Waals surface area contributed by atoms with Crippen LogP contribution < -0.4 is 5.32 Å². The number of aromatic nitrogens is 2. The number of nitrogens with zero attached hydrogens (tertiary/aromatic N) is 1. The van der Waals surface area contributed by atoms with Gasteiger partial charge in [-0.15, -0.1) is 0 Å². The summed E-state index contributed by atoms with van der Waals surface area (Å²) in [7, 11) is 0. The van der Waals surface area contributed by atoms with E-state index in [9.17, 15) is 14.7 Å². The predicted molar refractivity (Wildman–Crippen MR) is 89.1 cm³/mol. The predicted octanol–water partition coefficient (Wildman–Crippen LogP) is 3.05. The summed E-state index contributed by atoms with van der Waals surface area (Å²) in [6, 6.07) is -0.906. The van der Waals surface area contributed by atoms with Crippen molar-refractivity contribution in [2.75, 3.05) is 0 Å². The lowest BCUT2D eigenvalue weighted by molar-refractivity contribution is -0.141. The highest BCUT2D eigenvalue weighted by molar-refractivity contribution is 5.83. The first-order chi connectivity index (χ1) is 11.1. The second-order valence-corrected chi connectivity index (χ2v) is 5.96. The number of H-pyrrole nitrogens is 1. The number of aliphatic carboxylic acids is 1. The van der Waals surface area contributed by atoms with Gasteiger partial charge in [0.1, 0.15) is 6.04 Å².